The van der Waals surface area contributed by atoms with E-state index in [1.54, 1.807) is 13.0 Å². The monoisotopic (exact) mass is 296 g/mol. The number of carboxylic acids is 1. The van der Waals surface area contributed by atoms with Gasteiger partial charge in [-0.3, -0.25) is 14.6 Å². The molecule has 0 atom stereocenters. The molecule has 1 saturated carbocycles. The van der Waals surface area contributed by atoms with Crippen LogP contribution in [0.5, 0.6) is 0 Å². The highest BCUT2D eigenvalue weighted by molar-refractivity contribution is 6.30. The highest BCUT2D eigenvalue weighted by Crippen LogP contribution is 2.24. The second kappa shape index (κ2) is 6.22. The molecular weight excluding hydrogens is 280 g/mol. The number of carbonyl (C=O) groups excluding carboxylic acids is 1. The average Bonchev–Trinajstić information content (AvgIpc) is 2.42. The third kappa shape index (κ3) is 3.48. The van der Waals surface area contributed by atoms with Crippen LogP contribution >= 0.6 is 11.6 Å². The summed E-state index contributed by atoms with van der Waals surface area (Å²) in [4.78, 5) is 27.1. The second-order valence-electron chi connectivity index (χ2n) is 5.15. The van der Waals surface area contributed by atoms with Crippen molar-refractivity contribution >= 4 is 23.5 Å². The van der Waals surface area contributed by atoms with Crippen molar-refractivity contribution in [1.29, 1.82) is 0 Å². The molecule has 108 valence electrons. The number of halogens is 1. The lowest BCUT2D eigenvalue weighted by Gasteiger charge is -2.27. The molecule has 1 aromatic heterocycles. The summed E-state index contributed by atoms with van der Waals surface area (Å²) in [6.07, 6.45) is 4.09. The lowest BCUT2D eigenvalue weighted by Crippen LogP contribution is -2.39. The molecule has 0 saturated heterocycles. The number of aromatic nitrogens is 1. The van der Waals surface area contributed by atoms with Gasteiger partial charge in [-0.25, -0.2) is 0 Å². The fourth-order valence-corrected chi connectivity index (χ4v) is 2.64. The van der Waals surface area contributed by atoms with E-state index in [2.05, 4.69) is 10.3 Å². The van der Waals surface area contributed by atoms with Crippen molar-refractivity contribution in [2.24, 2.45) is 5.92 Å². The molecule has 1 aliphatic rings. The van der Waals surface area contributed by atoms with Crippen molar-refractivity contribution in [1.82, 2.24) is 10.3 Å². The Bertz CT molecular complexity index is 525. The van der Waals surface area contributed by atoms with Crippen LogP contribution in [0.2, 0.25) is 5.02 Å². The molecule has 1 amide bonds. The van der Waals surface area contributed by atoms with E-state index in [0.717, 1.165) is 0 Å². The maximum atomic E-state index is 12.2. The van der Waals surface area contributed by atoms with E-state index in [1.165, 1.54) is 6.20 Å². The first-order valence-corrected chi connectivity index (χ1v) is 7.01. The minimum Gasteiger partial charge on any atom is -0.481 e. The highest BCUT2D eigenvalue weighted by atomic mass is 35.5. The van der Waals surface area contributed by atoms with E-state index in [4.69, 9.17) is 16.7 Å². The quantitative estimate of drug-likeness (QED) is 0.898. The number of aliphatic carboxylic acids is 1. The summed E-state index contributed by atoms with van der Waals surface area (Å²) in [5.74, 6) is -1.22. The predicted octanol–water partition coefficient (Wildman–Crippen LogP) is 2.42. The Labute approximate surface area is 122 Å². The van der Waals surface area contributed by atoms with Gasteiger partial charge in [0.1, 0.15) is 0 Å². The number of nitrogens with one attached hydrogen (secondary N) is 1. The summed E-state index contributed by atoms with van der Waals surface area (Å²) in [5.41, 5.74) is 1.10. The Morgan fingerprint density at radius 2 is 2.00 bits per heavy atom. The van der Waals surface area contributed by atoms with Gasteiger partial charge in [-0.2, -0.15) is 0 Å². The van der Waals surface area contributed by atoms with Gasteiger partial charge in [-0.15, -0.1) is 0 Å². The molecule has 1 aliphatic carbocycles. The van der Waals surface area contributed by atoms with Crippen molar-refractivity contribution in [3.63, 3.8) is 0 Å². The van der Waals surface area contributed by atoms with Crippen LogP contribution in [0, 0.1) is 12.8 Å². The summed E-state index contributed by atoms with van der Waals surface area (Å²) in [5, 5.41) is 12.3. The molecule has 2 rings (SSSR count). The minimum absolute atomic E-state index is 0.0245. The maximum Gasteiger partial charge on any atom is 0.306 e. The van der Waals surface area contributed by atoms with Crippen LogP contribution in [0.1, 0.15) is 41.7 Å². The Morgan fingerprint density at radius 3 is 2.60 bits per heavy atom. The molecule has 1 heterocycles. The third-order valence-electron chi connectivity index (χ3n) is 3.71. The van der Waals surface area contributed by atoms with Crippen molar-refractivity contribution in [3.8, 4) is 0 Å². The zero-order valence-corrected chi connectivity index (χ0v) is 12.0. The minimum atomic E-state index is -0.746. The molecule has 1 aromatic rings. The molecule has 5 nitrogen and oxygen atoms in total. The number of carboxylic acid groups (broad SMARTS) is 1. The van der Waals surface area contributed by atoms with Gasteiger partial charge >= 0.3 is 5.97 Å². The zero-order chi connectivity index (χ0) is 14.7. The summed E-state index contributed by atoms with van der Waals surface area (Å²) < 4.78 is 0. The van der Waals surface area contributed by atoms with E-state index in [0.29, 0.717) is 42.0 Å². The SMILES string of the molecule is Cc1ncc(Cl)cc1C(=O)N[C@H]1CC[C@H](C(=O)O)CC1. The molecule has 6 heteroatoms. The van der Waals surface area contributed by atoms with Gasteiger partial charge in [0.15, 0.2) is 0 Å². The first-order valence-electron chi connectivity index (χ1n) is 6.63. The molecule has 0 aromatic carbocycles. The van der Waals surface area contributed by atoms with Gasteiger partial charge in [0, 0.05) is 12.2 Å². The van der Waals surface area contributed by atoms with Gasteiger partial charge in [-0.05, 0) is 38.7 Å². The summed E-state index contributed by atoms with van der Waals surface area (Å²) in [7, 11) is 0. The lowest BCUT2D eigenvalue weighted by atomic mass is 9.86. The van der Waals surface area contributed by atoms with Gasteiger partial charge in [0.25, 0.3) is 5.91 Å². The topological polar surface area (TPSA) is 79.3 Å². The van der Waals surface area contributed by atoms with Gasteiger partial charge in [0.05, 0.1) is 22.2 Å². The van der Waals surface area contributed by atoms with Crippen molar-refractivity contribution in [2.75, 3.05) is 0 Å². The predicted molar refractivity (Wildman–Crippen MR) is 74.8 cm³/mol. The first kappa shape index (κ1) is 14.8. The molecule has 1 fully saturated rings. The highest BCUT2D eigenvalue weighted by Gasteiger charge is 2.27. The van der Waals surface area contributed by atoms with Gasteiger partial charge in [0.2, 0.25) is 0 Å². The maximum absolute atomic E-state index is 12.2. The molecule has 0 radical (unpaired) electrons. The van der Waals surface area contributed by atoms with E-state index >= 15 is 0 Å². The number of carbonyl (C=O) groups is 2. The Balaban J connectivity index is 1.96. The summed E-state index contributed by atoms with van der Waals surface area (Å²) in [6.45, 7) is 1.76. The number of nitrogens with zero attached hydrogens (tertiary/aromatic N) is 1. The van der Waals surface area contributed by atoms with Crippen molar-refractivity contribution < 1.29 is 14.7 Å². The molecule has 0 spiro atoms. The molecule has 20 heavy (non-hydrogen) atoms. The number of hydrogen-bond acceptors (Lipinski definition) is 3. The zero-order valence-electron chi connectivity index (χ0n) is 11.2. The standard InChI is InChI=1S/C14H17ClN2O3/c1-8-12(6-10(15)7-16-8)13(18)17-11-4-2-9(3-5-11)14(19)20/h6-7,9,11H,2-5H2,1H3,(H,17,18)(H,19,20)/t9-,11-. The molecule has 0 bridgehead atoms. The first-order chi connectivity index (χ1) is 9.47. The number of hydrogen-bond donors (Lipinski definition) is 2. The molecule has 2 N–H and O–H groups in total. The molecular formula is C14H17ClN2O3. The van der Waals surface area contributed by atoms with Crippen LogP contribution in [0.15, 0.2) is 12.3 Å². The van der Waals surface area contributed by atoms with Crippen LogP contribution in [-0.4, -0.2) is 28.0 Å². The largest absolute Gasteiger partial charge is 0.481 e. The fraction of sp³-hybridized carbons (Fsp3) is 0.500. The normalized spacial score (nSPS) is 22.3. The Kier molecular flexibility index (Phi) is 4.60. The van der Waals surface area contributed by atoms with E-state index in [-0.39, 0.29) is 17.9 Å². The summed E-state index contributed by atoms with van der Waals surface area (Å²) in [6, 6.07) is 1.62. The smallest absolute Gasteiger partial charge is 0.306 e. The van der Waals surface area contributed by atoms with E-state index < -0.39 is 5.97 Å². The molecule has 0 aliphatic heterocycles. The average molecular weight is 297 g/mol. The molecule has 0 unspecified atom stereocenters. The van der Waals surface area contributed by atoms with E-state index in [1.807, 2.05) is 0 Å². The summed E-state index contributed by atoms with van der Waals surface area (Å²) >= 11 is 5.85. The van der Waals surface area contributed by atoms with Crippen LogP contribution in [-0.2, 0) is 4.79 Å². The number of rotatable bonds is 3. The van der Waals surface area contributed by atoms with Crippen molar-refractivity contribution in [2.45, 2.75) is 38.6 Å². The van der Waals surface area contributed by atoms with Gasteiger partial charge in [-0.1, -0.05) is 11.6 Å². The Morgan fingerprint density at radius 1 is 1.35 bits per heavy atom. The van der Waals surface area contributed by atoms with E-state index in [9.17, 15) is 9.59 Å². The second-order valence-corrected chi connectivity index (χ2v) is 5.58. The van der Waals surface area contributed by atoms with Crippen molar-refractivity contribution in [3.05, 3.63) is 28.5 Å². The number of aryl methyl sites for hydroxylation is 1. The van der Waals surface area contributed by atoms with Crippen LogP contribution in [0.25, 0.3) is 0 Å². The fourth-order valence-electron chi connectivity index (χ4n) is 2.49. The number of amides is 1. The lowest BCUT2D eigenvalue weighted by molar-refractivity contribution is -0.142. The van der Waals surface area contributed by atoms with Gasteiger partial charge < -0.3 is 10.4 Å². The number of pyridine rings is 1. The van der Waals surface area contributed by atoms with Crippen LogP contribution < -0.4 is 5.32 Å². The Hall–Kier alpha value is -1.62. The van der Waals surface area contributed by atoms with Crippen LogP contribution in [0.3, 0.4) is 0 Å². The third-order valence-corrected chi connectivity index (χ3v) is 3.92. The van der Waals surface area contributed by atoms with Crippen LogP contribution in [0.4, 0.5) is 0 Å².